The zero-order valence-electron chi connectivity index (χ0n) is 29.1. The van der Waals surface area contributed by atoms with Gasteiger partial charge >= 0.3 is 0 Å². The molecule has 0 saturated heterocycles. The lowest BCUT2D eigenvalue weighted by Gasteiger charge is -2.13. The summed E-state index contributed by atoms with van der Waals surface area (Å²) in [6.07, 6.45) is 1.90. The zero-order chi connectivity index (χ0) is 33.8. The fourth-order valence-electron chi connectivity index (χ4n) is 5.64. The Morgan fingerprint density at radius 1 is 0.426 bits per heavy atom. The van der Waals surface area contributed by atoms with Crippen LogP contribution in [0.25, 0.3) is 39.0 Å². The predicted molar refractivity (Wildman–Crippen MR) is 208 cm³/mol. The van der Waals surface area contributed by atoms with E-state index in [0.29, 0.717) is 0 Å². The minimum absolute atomic E-state index is 1.24. The van der Waals surface area contributed by atoms with E-state index in [9.17, 15) is 0 Å². The molecule has 0 radical (unpaired) electrons. The molecule has 0 fully saturated rings. The molecule has 0 atom stereocenters. The minimum Gasteiger partial charge on any atom is -0.0988 e. The highest BCUT2D eigenvalue weighted by atomic mass is 14.1. The zero-order valence-corrected chi connectivity index (χ0v) is 29.1. The molecule has 0 aliphatic carbocycles. The van der Waals surface area contributed by atoms with Crippen LogP contribution in [0.4, 0.5) is 0 Å². The Hall–Kier alpha value is -5.20. The summed E-state index contributed by atoms with van der Waals surface area (Å²) < 4.78 is 0. The summed E-state index contributed by atoms with van der Waals surface area (Å²) in [4.78, 5) is 0. The smallest absolute Gasteiger partial charge is 0.0146 e. The second-order valence-corrected chi connectivity index (χ2v) is 12.3. The van der Waals surface area contributed by atoms with Gasteiger partial charge in [0.05, 0.1) is 0 Å². The lowest BCUT2D eigenvalue weighted by Crippen LogP contribution is -1.89. The molecular weight excluding hydrogens is 565 g/mol. The van der Waals surface area contributed by atoms with Crippen molar-refractivity contribution in [3.63, 3.8) is 0 Å². The molecule has 6 aromatic rings. The molecule has 6 rings (SSSR count). The van der Waals surface area contributed by atoms with Crippen molar-refractivity contribution in [2.75, 3.05) is 0 Å². The lowest BCUT2D eigenvalue weighted by atomic mass is 9.92. The molecule has 47 heavy (non-hydrogen) atoms. The fraction of sp³-hybridized carbons (Fsp3) is 0.149. The summed E-state index contributed by atoms with van der Waals surface area (Å²) in [5.41, 5.74) is 18.1. The fourth-order valence-corrected chi connectivity index (χ4v) is 5.64. The van der Waals surface area contributed by atoms with Gasteiger partial charge < -0.3 is 0 Å². The first-order valence-corrected chi connectivity index (χ1v) is 16.4. The van der Waals surface area contributed by atoms with E-state index in [1.165, 1.54) is 77.9 Å². The van der Waals surface area contributed by atoms with Gasteiger partial charge in [0, 0.05) is 0 Å². The van der Waals surface area contributed by atoms with Gasteiger partial charge in [-0.25, -0.2) is 0 Å². The molecule has 0 amide bonds. The minimum atomic E-state index is 1.24. The van der Waals surface area contributed by atoms with E-state index in [2.05, 4.69) is 201 Å². The summed E-state index contributed by atoms with van der Waals surface area (Å²) in [6.45, 7) is 18.7. The highest BCUT2D eigenvalue weighted by Gasteiger charge is 2.08. The van der Waals surface area contributed by atoms with Gasteiger partial charge in [-0.15, -0.1) is 0 Å². The highest BCUT2D eigenvalue weighted by molar-refractivity contribution is 5.79. The maximum Gasteiger partial charge on any atom is -0.0146 e. The summed E-state index contributed by atoms with van der Waals surface area (Å²) in [7, 11) is 0. The topological polar surface area (TPSA) is 0 Å². The normalized spacial score (nSPS) is 10.9. The molecule has 0 spiro atoms. The molecule has 0 heteroatoms. The molecule has 0 aromatic heterocycles. The second-order valence-electron chi connectivity index (χ2n) is 12.3. The van der Waals surface area contributed by atoms with Crippen LogP contribution in [-0.4, -0.2) is 0 Å². The number of benzene rings is 6. The maximum absolute atomic E-state index is 3.78. The van der Waals surface area contributed by atoms with Crippen molar-refractivity contribution >= 4 is 5.57 Å². The third-order valence-corrected chi connectivity index (χ3v) is 8.60. The van der Waals surface area contributed by atoms with Crippen LogP contribution in [0.5, 0.6) is 0 Å². The van der Waals surface area contributed by atoms with E-state index in [0.717, 1.165) is 0 Å². The van der Waals surface area contributed by atoms with Gasteiger partial charge in [0.2, 0.25) is 0 Å². The van der Waals surface area contributed by atoms with Crippen molar-refractivity contribution in [1.82, 2.24) is 0 Å². The number of rotatable bonds is 5. The van der Waals surface area contributed by atoms with Gasteiger partial charge in [0.15, 0.2) is 0 Å². The van der Waals surface area contributed by atoms with Crippen LogP contribution >= 0.6 is 0 Å². The van der Waals surface area contributed by atoms with Gasteiger partial charge in [0.1, 0.15) is 0 Å². The average Bonchev–Trinajstić information content (AvgIpc) is 3.09. The quantitative estimate of drug-likeness (QED) is 0.170. The molecule has 6 aromatic carbocycles. The Labute approximate surface area is 283 Å². The summed E-state index contributed by atoms with van der Waals surface area (Å²) >= 11 is 0. The van der Waals surface area contributed by atoms with Crippen molar-refractivity contribution < 1.29 is 0 Å². The van der Waals surface area contributed by atoms with E-state index >= 15 is 0 Å². The van der Waals surface area contributed by atoms with Crippen LogP contribution in [0.3, 0.4) is 0 Å². The first kappa shape index (κ1) is 34.7. The highest BCUT2D eigenvalue weighted by Crippen LogP contribution is 2.33. The Morgan fingerprint density at radius 3 is 1.53 bits per heavy atom. The summed E-state index contributed by atoms with van der Waals surface area (Å²) in [6, 6.07) is 51.6. The van der Waals surface area contributed by atoms with Crippen molar-refractivity contribution in [3.8, 4) is 33.4 Å². The van der Waals surface area contributed by atoms with Gasteiger partial charge in [-0.3, -0.25) is 0 Å². The number of allylic oxidation sites excluding steroid dienone is 3. The van der Waals surface area contributed by atoms with E-state index in [1.807, 2.05) is 6.08 Å². The SMILES string of the molecule is C=C/C(C)=C(\C)c1ccccc1C.Cc1cccc(C)c1.Cc1ccccc1-c1cc(-c2cccc(-c3ccccc3)c2)ccc1C. The van der Waals surface area contributed by atoms with Crippen LogP contribution in [0.15, 0.2) is 164 Å². The maximum atomic E-state index is 3.78. The van der Waals surface area contributed by atoms with Crippen molar-refractivity contribution in [1.29, 1.82) is 0 Å². The van der Waals surface area contributed by atoms with Gasteiger partial charge in [-0.2, -0.15) is 0 Å². The van der Waals surface area contributed by atoms with E-state index < -0.39 is 0 Å². The number of hydrogen-bond acceptors (Lipinski definition) is 0. The Kier molecular flexibility index (Phi) is 12.5. The molecule has 0 saturated carbocycles. The largest absolute Gasteiger partial charge is 0.0988 e. The Bertz CT molecular complexity index is 1940. The number of aryl methyl sites for hydroxylation is 5. The molecule has 0 bridgehead atoms. The van der Waals surface area contributed by atoms with Crippen molar-refractivity contribution in [2.24, 2.45) is 0 Å². The molecule has 0 unspecified atom stereocenters. The first-order valence-electron chi connectivity index (χ1n) is 16.4. The van der Waals surface area contributed by atoms with Gasteiger partial charge in [-0.1, -0.05) is 157 Å². The standard InChI is InChI=1S/C26H22.C13H16.C8H10/c1-19-9-6-7-14-25(19)26-18-24(16-15-20(26)2)23-13-8-12-22(17-23)21-10-4-3-5-11-21;1-5-10(2)12(4)13-9-7-6-8-11(13)3;1-7-4-3-5-8(2)6-7/h3-18H,1-2H3;5-9H,1H2,2-4H3;3-6H,1-2H3/b;12-10+;. The van der Waals surface area contributed by atoms with Crippen LogP contribution in [0.1, 0.15) is 47.2 Å². The molecule has 0 aliphatic rings. The van der Waals surface area contributed by atoms with Crippen LogP contribution in [0, 0.1) is 34.6 Å². The van der Waals surface area contributed by atoms with Crippen molar-refractivity contribution in [2.45, 2.75) is 48.5 Å². The Morgan fingerprint density at radius 2 is 0.936 bits per heavy atom. The van der Waals surface area contributed by atoms with Gasteiger partial charge in [-0.05, 0) is 127 Å². The molecule has 0 nitrogen and oxygen atoms in total. The van der Waals surface area contributed by atoms with E-state index in [1.54, 1.807) is 0 Å². The van der Waals surface area contributed by atoms with Crippen LogP contribution in [-0.2, 0) is 0 Å². The van der Waals surface area contributed by atoms with Crippen molar-refractivity contribution in [3.05, 3.63) is 197 Å². The van der Waals surface area contributed by atoms with Crippen LogP contribution < -0.4 is 0 Å². The summed E-state index contributed by atoms with van der Waals surface area (Å²) in [5, 5.41) is 0. The van der Waals surface area contributed by atoms with Gasteiger partial charge in [0.25, 0.3) is 0 Å². The molecule has 0 heterocycles. The first-order chi connectivity index (χ1) is 22.7. The predicted octanol–water partition coefficient (Wildman–Crippen LogP) is 13.6. The average molecular weight is 613 g/mol. The second kappa shape index (κ2) is 16.9. The third-order valence-electron chi connectivity index (χ3n) is 8.60. The third kappa shape index (κ3) is 9.65. The molecule has 0 aliphatic heterocycles. The van der Waals surface area contributed by atoms with E-state index in [-0.39, 0.29) is 0 Å². The summed E-state index contributed by atoms with van der Waals surface area (Å²) in [5.74, 6) is 0. The van der Waals surface area contributed by atoms with Crippen LogP contribution in [0.2, 0.25) is 0 Å². The molecule has 236 valence electrons. The number of hydrogen-bond donors (Lipinski definition) is 0. The Balaban J connectivity index is 0.000000197. The van der Waals surface area contributed by atoms with E-state index in [4.69, 9.17) is 0 Å². The monoisotopic (exact) mass is 612 g/mol. The molecular formula is C47H48. The molecule has 0 N–H and O–H groups in total. The lowest BCUT2D eigenvalue weighted by molar-refractivity contribution is 1.38.